The molecule has 1 N–H and O–H groups in total. The summed E-state index contributed by atoms with van der Waals surface area (Å²) in [4.78, 5) is 2.58. The molecule has 1 aromatic heterocycles. The minimum atomic E-state index is 0.0486. The maximum atomic E-state index is 6.21. The molecule has 1 atom stereocenters. The van der Waals surface area contributed by atoms with Crippen LogP contribution < -0.4 is 5.32 Å². The SMILES string of the molecule is CNC(c1cc2cccc(C)c2o1)C(C)(C)N1CCCC1. The zero-order valence-corrected chi connectivity index (χ0v) is 13.6. The number of likely N-dealkylation sites (tertiary alicyclic amines) is 1. The van der Waals surface area contributed by atoms with E-state index >= 15 is 0 Å². The van der Waals surface area contributed by atoms with Crippen LogP contribution in [0.5, 0.6) is 0 Å². The van der Waals surface area contributed by atoms with Gasteiger partial charge in [0.1, 0.15) is 11.3 Å². The molecule has 3 rings (SSSR count). The van der Waals surface area contributed by atoms with Crippen molar-refractivity contribution in [2.75, 3.05) is 20.1 Å². The van der Waals surface area contributed by atoms with Gasteiger partial charge in [-0.05, 0) is 65.4 Å². The molecule has 2 heterocycles. The van der Waals surface area contributed by atoms with E-state index in [0.29, 0.717) is 0 Å². The van der Waals surface area contributed by atoms with E-state index < -0.39 is 0 Å². The van der Waals surface area contributed by atoms with Gasteiger partial charge in [-0.2, -0.15) is 0 Å². The van der Waals surface area contributed by atoms with Crippen LogP contribution in [-0.2, 0) is 0 Å². The fourth-order valence-corrected chi connectivity index (χ4v) is 3.69. The quantitative estimate of drug-likeness (QED) is 0.924. The normalized spacial score (nSPS) is 18.5. The van der Waals surface area contributed by atoms with Gasteiger partial charge in [0, 0.05) is 10.9 Å². The second-order valence-corrected chi connectivity index (χ2v) is 6.71. The van der Waals surface area contributed by atoms with E-state index in [4.69, 9.17) is 4.42 Å². The number of nitrogens with one attached hydrogen (secondary N) is 1. The molecule has 1 aromatic carbocycles. The molecule has 21 heavy (non-hydrogen) atoms. The summed E-state index contributed by atoms with van der Waals surface area (Å²) in [6.45, 7) is 9.11. The Balaban J connectivity index is 1.99. The second kappa shape index (κ2) is 5.47. The van der Waals surface area contributed by atoms with Crippen LogP contribution in [0.2, 0.25) is 0 Å². The summed E-state index contributed by atoms with van der Waals surface area (Å²) in [7, 11) is 2.03. The van der Waals surface area contributed by atoms with E-state index in [0.717, 1.165) is 11.3 Å². The molecule has 0 saturated carbocycles. The molecular formula is C18H26N2O. The lowest BCUT2D eigenvalue weighted by atomic mass is 9.90. The molecule has 0 aliphatic carbocycles. The largest absolute Gasteiger partial charge is 0.459 e. The zero-order chi connectivity index (χ0) is 15.0. The minimum Gasteiger partial charge on any atom is -0.459 e. The third kappa shape index (κ3) is 2.49. The van der Waals surface area contributed by atoms with Crippen LogP contribution in [0.25, 0.3) is 11.0 Å². The first-order chi connectivity index (χ1) is 10.0. The Hall–Kier alpha value is -1.32. The van der Waals surface area contributed by atoms with Gasteiger partial charge in [0.05, 0.1) is 6.04 Å². The van der Waals surface area contributed by atoms with Crippen LogP contribution >= 0.6 is 0 Å². The van der Waals surface area contributed by atoms with Gasteiger partial charge in [0.15, 0.2) is 0 Å². The number of nitrogens with zero attached hydrogens (tertiary/aromatic N) is 1. The van der Waals surface area contributed by atoms with Gasteiger partial charge >= 0.3 is 0 Å². The second-order valence-electron chi connectivity index (χ2n) is 6.71. The monoisotopic (exact) mass is 286 g/mol. The third-order valence-electron chi connectivity index (χ3n) is 4.96. The van der Waals surface area contributed by atoms with E-state index in [-0.39, 0.29) is 11.6 Å². The lowest BCUT2D eigenvalue weighted by Crippen LogP contribution is -2.50. The molecule has 1 unspecified atom stereocenters. The molecule has 1 aliphatic rings. The molecule has 0 spiro atoms. The number of benzene rings is 1. The number of hydrogen-bond donors (Lipinski definition) is 1. The maximum absolute atomic E-state index is 6.21. The molecule has 2 aromatic rings. The van der Waals surface area contributed by atoms with Gasteiger partial charge in [-0.3, -0.25) is 4.90 Å². The zero-order valence-electron chi connectivity index (χ0n) is 13.6. The standard InChI is InChI=1S/C18H26N2O/c1-13-8-7-9-14-12-15(21-16(13)14)17(19-4)18(2,3)20-10-5-6-11-20/h7-9,12,17,19H,5-6,10-11H2,1-4H3. The molecule has 0 radical (unpaired) electrons. The van der Waals surface area contributed by atoms with Crippen LogP contribution in [-0.4, -0.2) is 30.6 Å². The van der Waals surface area contributed by atoms with Crippen molar-refractivity contribution in [3.8, 4) is 0 Å². The Morgan fingerprint density at radius 1 is 1.24 bits per heavy atom. The molecule has 114 valence electrons. The summed E-state index contributed by atoms with van der Waals surface area (Å²) in [6, 6.07) is 8.72. The summed E-state index contributed by atoms with van der Waals surface area (Å²) >= 11 is 0. The molecule has 3 heteroatoms. The molecule has 1 fully saturated rings. The van der Waals surface area contributed by atoms with Crippen molar-refractivity contribution in [3.05, 3.63) is 35.6 Å². The highest BCUT2D eigenvalue weighted by Crippen LogP contribution is 2.36. The summed E-state index contributed by atoms with van der Waals surface area (Å²) < 4.78 is 6.21. The van der Waals surface area contributed by atoms with Gasteiger partial charge < -0.3 is 9.73 Å². The smallest absolute Gasteiger partial charge is 0.137 e. The average molecular weight is 286 g/mol. The third-order valence-corrected chi connectivity index (χ3v) is 4.96. The van der Waals surface area contributed by atoms with E-state index in [2.05, 4.69) is 55.3 Å². The Labute approximate surface area is 127 Å². The number of aryl methyl sites for hydroxylation is 1. The minimum absolute atomic E-state index is 0.0486. The van der Waals surface area contributed by atoms with Gasteiger partial charge in [-0.25, -0.2) is 0 Å². The van der Waals surface area contributed by atoms with Crippen LogP contribution in [0.15, 0.2) is 28.7 Å². The van der Waals surface area contributed by atoms with Crippen molar-refractivity contribution in [2.24, 2.45) is 0 Å². The van der Waals surface area contributed by atoms with Crippen LogP contribution in [0.4, 0.5) is 0 Å². The van der Waals surface area contributed by atoms with Crippen LogP contribution in [0.3, 0.4) is 0 Å². The summed E-state index contributed by atoms with van der Waals surface area (Å²) in [5, 5.41) is 4.68. The van der Waals surface area contributed by atoms with E-state index in [1.165, 1.54) is 36.9 Å². The molecule has 1 saturated heterocycles. The maximum Gasteiger partial charge on any atom is 0.137 e. The predicted molar refractivity (Wildman–Crippen MR) is 87.6 cm³/mol. The highest BCUT2D eigenvalue weighted by Gasteiger charge is 2.38. The molecule has 0 amide bonds. The van der Waals surface area contributed by atoms with E-state index in [1.54, 1.807) is 0 Å². The number of rotatable bonds is 4. The first-order valence-electron chi connectivity index (χ1n) is 7.95. The van der Waals surface area contributed by atoms with E-state index in [9.17, 15) is 0 Å². The molecule has 1 aliphatic heterocycles. The summed E-state index contributed by atoms with van der Waals surface area (Å²) in [5.74, 6) is 1.04. The Morgan fingerprint density at radius 2 is 1.95 bits per heavy atom. The Kier molecular flexibility index (Phi) is 3.80. The van der Waals surface area contributed by atoms with Gasteiger partial charge in [0.2, 0.25) is 0 Å². The fraction of sp³-hybridized carbons (Fsp3) is 0.556. The first-order valence-corrected chi connectivity index (χ1v) is 7.95. The highest BCUT2D eigenvalue weighted by molar-refractivity contribution is 5.81. The number of likely N-dealkylation sites (N-methyl/N-ethyl adjacent to an activating group) is 1. The van der Waals surface area contributed by atoms with Crippen molar-refractivity contribution in [1.29, 1.82) is 0 Å². The lowest BCUT2D eigenvalue weighted by molar-refractivity contribution is 0.101. The molecular weight excluding hydrogens is 260 g/mol. The van der Waals surface area contributed by atoms with Gasteiger partial charge in [-0.1, -0.05) is 18.2 Å². The number of para-hydroxylation sites is 1. The predicted octanol–water partition coefficient (Wildman–Crippen LogP) is 3.88. The summed E-state index contributed by atoms with van der Waals surface area (Å²) in [5.41, 5.74) is 2.27. The highest BCUT2D eigenvalue weighted by atomic mass is 16.3. The number of furan rings is 1. The first kappa shape index (κ1) is 14.6. The van der Waals surface area contributed by atoms with Gasteiger partial charge in [0.25, 0.3) is 0 Å². The average Bonchev–Trinajstić information content (AvgIpc) is 3.08. The Morgan fingerprint density at radius 3 is 2.57 bits per heavy atom. The number of fused-ring (bicyclic) bond motifs is 1. The van der Waals surface area contributed by atoms with Crippen molar-refractivity contribution in [2.45, 2.75) is 45.2 Å². The fourth-order valence-electron chi connectivity index (χ4n) is 3.69. The Bertz CT molecular complexity index is 623. The molecule has 3 nitrogen and oxygen atoms in total. The number of hydrogen-bond acceptors (Lipinski definition) is 3. The van der Waals surface area contributed by atoms with Crippen LogP contribution in [0.1, 0.15) is 44.1 Å². The summed E-state index contributed by atoms with van der Waals surface area (Å²) in [6.07, 6.45) is 2.61. The van der Waals surface area contributed by atoms with Crippen molar-refractivity contribution >= 4 is 11.0 Å². The van der Waals surface area contributed by atoms with Crippen molar-refractivity contribution < 1.29 is 4.42 Å². The van der Waals surface area contributed by atoms with Crippen molar-refractivity contribution in [1.82, 2.24) is 10.2 Å². The van der Waals surface area contributed by atoms with Crippen LogP contribution in [0, 0.1) is 6.92 Å². The molecule has 0 bridgehead atoms. The topological polar surface area (TPSA) is 28.4 Å². The van der Waals surface area contributed by atoms with Gasteiger partial charge in [-0.15, -0.1) is 0 Å². The van der Waals surface area contributed by atoms with Crippen molar-refractivity contribution in [3.63, 3.8) is 0 Å². The van der Waals surface area contributed by atoms with E-state index in [1.807, 2.05) is 7.05 Å². The lowest BCUT2D eigenvalue weighted by Gasteiger charge is -2.41.